The number of hydrogen-bond donors (Lipinski definition) is 0. The van der Waals surface area contributed by atoms with E-state index in [2.05, 4.69) is 15.0 Å². The van der Waals surface area contributed by atoms with Crippen LogP contribution in [0.25, 0.3) is 0 Å². The van der Waals surface area contributed by atoms with Crippen molar-refractivity contribution in [3.63, 3.8) is 0 Å². The molecule has 0 radical (unpaired) electrons. The minimum absolute atomic E-state index is 0.0706. The van der Waals surface area contributed by atoms with Gasteiger partial charge in [-0.05, 0) is 35.3 Å². The fraction of sp³-hybridized carbons (Fsp3) is 0.222. The van der Waals surface area contributed by atoms with Gasteiger partial charge in [0.2, 0.25) is 16.5 Å². The molecule has 0 atom stereocenters. The second-order valence-corrected chi connectivity index (χ2v) is 3.79. The highest BCUT2D eigenvalue weighted by atomic mass is 35.5. The van der Waals surface area contributed by atoms with Gasteiger partial charge in [-0.3, -0.25) is 0 Å². The first-order valence-corrected chi connectivity index (χ1v) is 5.21. The summed E-state index contributed by atoms with van der Waals surface area (Å²) in [7, 11) is 1.81. The SMILES string of the molecule is CN(Cc1ccco1)c1nc(Cl)nc(Cl)n1. The lowest BCUT2D eigenvalue weighted by molar-refractivity contribution is 0.506. The Labute approximate surface area is 102 Å². The third kappa shape index (κ3) is 2.62. The third-order valence-corrected chi connectivity index (χ3v) is 2.22. The van der Waals surface area contributed by atoms with E-state index in [1.807, 2.05) is 19.2 Å². The predicted octanol–water partition coefficient (Wildman–Crippen LogP) is 2.41. The Balaban J connectivity index is 2.17. The molecule has 0 spiro atoms. The zero-order chi connectivity index (χ0) is 11.5. The van der Waals surface area contributed by atoms with Gasteiger partial charge in [-0.1, -0.05) is 0 Å². The van der Waals surface area contributed by atoms with Gasteiger partial charge in [0.25, 0.3) is 0 Å². The molecule has 0 saturated carbocycles. The van der Waals surface area contributed by atoms with Crippen LogP contribution in [0.4, 0.5) is 5.95 Å². The molecular formula is C9H8Cl2N4O. The summed E-state index contributed by atoms with van der Waals surface area (Å²) in [5.41, 5.74) is 0. The van der Waals surface area contributed by atoms with Gasteiger partial charge in [0.1, 0.15) is 5.76 Å². The van der Waals surface area contributed by atoms with E-state index in [1.54, 1.807) is 11.2 Å². The molecule has 7 heteroatoms. The summed E-state index contributed by atoms with van der Waals surface area (Å²) in [6, 6.07) is 3.68. The molecule has 2 heterocycles. The Bertz CT molecular complexity index is 454. The maximum absolute atomic E-state index is 5.68. The van der Waals surface area contributed by atoms with Crippen molar-refractivity contribution in [2.45, 2.75) is 6.54 Å². The van der Waals surface area contributed by atoms with E-state index in [1.165, 1.54) is 0 Å². The minimum atomic E-state index is 0.0706. The van der Waals surface area contributed by atoms with Crippen molar-refractivity contribution in [1.82, 2.24) is 15.0 Å². The number of anilines is 1. The van der Waals surface area contributed by atoms with Crippen LogP contribution in [-0.4, -0.2) is 22.0 Å². The maximum atomic E-state index is 5.68. The molecular weight excluding hydrogens is 251 g/mol. The minimum Gasteiger partial charge on any atom is -0.467 e. The molecule has 0 aliphatic carbocycles. The number of aromatic nitrogens is 3. The first-order valence-electron chi connectivity index (χ1n) is 4.46. The van der Waals surface area contributed by atoms with Crippen LogP contribution < -0.4 is 4.90 Å². The zero-order valence-corrected chi connectivity index (χ0v) is 9.90. The van der Waals surface area contributed by atoms with Crippen molar-refractivity contribution in [3.05, 3.63) is 34.7 Å². The molecule has 2 aromatic heterocycles. The third-order valence-electron chi connectivity index (χ3n) is 1.88. The summed E-state index contributed by atoms with van der Waals surface area (Å²) in [4.78, 5) is 13.3. The van der Waals surface area contributed by atoms with Gasteiger partial charge in [-0.15, -0.1) is 0 Å². The fourth-order valence-electron chi connectivity index (χ4n) is 1.19. The van der Waals surface area contributed by atoms with E-state index >= 15 is 0 Å². The summed E-state index contributed by atoms with van der Waals surface area (Å²) in [6.07, 6.45) is 1.61. The first kappa shape index (κ1) is 11.2. The maximum Gasteiger partial charge on any atom is 0.231 e. The van der Waals surface area contributed by atoms with Crippen molar-refractivity contribution in [2.75, 3.05) is 11.9 Å². The summed E-state index contributed by atoms with van der Waals surface area (Å²) in [5.74, 6) is 1.21. The number of halogens is 2. The van der Waals surface area contributed by atoms with Gasteiger partial charge in [-0.2, -0.15) is 15.0 Å². The highest BCUT2D eigenvalue weighted by Crippen LogP contribution is 2.14. The van der Waals surface area contributed by atoms with Crippen LogP contribution in [0.2, 0.25) is 10.6 Å². The Morgan fingerprint density at radius 2 is 1.94 bits per heavy atom. The van der Waals surface area contributed by atoms with E-state index in [0.29, 0.717) is 12.5 Å². The van der Waals surface area contributed by atoms with Crippen LogP contribution >= 0.6 is 23.2 Å². The highest BCUT2D eigenvalue weighted by molar-refractivity contribution is 6.31. The lowest BCUT2D eigenvalue weighted by Crippen LogP contribution is -2.19. The first-order chi connectivity index (χ1) is 7.65. The molecule has 0 unspecified atom stereocenters. The van der Waals surface area contributed by atoms with Gasteiger partial charge >= 0.3 is 0 Å². The fourth-order valence-corrected chi connectivity index (χ4v) is 1.55. The van der Waals surface area contributed by atoms with Crippen LogP contribution in [0.1, 0.15) is 5.76 Å². The van der Waals surface area contributed by atoms with Gasteiger partial charge in [0, 0.05) is 7.05 Å². The van der Waals surface area contributed by atoms with Gasteiger partial charge in [-0.25, -0.2) is 0 Å². The topological polar surface area (TPSA) is 55.1 Å². The van der Waals surface area contributed by atoms with Crippen LogP contribution in [0.3, 0.4) is 0 Å². The second-order valence-electron chi connectivity index (χ2n) is 3.11. The highest BCUT2D eigenvalue weighted by Gasteiger charge is 2.09. The van der Waals surface area contributed by atoms with Gasteiger partial charge in [0.15, 0.2) is 0 Å². The van der Waals surface area contributed by atoms with E-state index in [0.717, 1.165) is 5.76 Å². The van der Waals surface area contributed by atoms with Gasteiger partial charge < -0.3 is 9.32 Å². The summed E-state index contributed by atoms with van der Waals surface area (Å²) in [5, 5.41) is 0.141. The zero-order valence-electron chi connectivity index (χ0n) is 8.39. The van der Waals surface area contributed by atoms with E-state index in [-0.39, 0.29) is 10.6 Å². The van der Waals surface area contributed by atoms with Crippen molar-refractivity contribution in [2.24, 2.45) is 0 Å². The summed E-state index contributed by atoms with van der Waals surface area (Å²) >= 11 is 11.4. The molecule has 2 rings (SSSR count). The molecule has 0 aromatic carbocycles. The normalized spacial score (nSPS) is 10.4. The standard InChI is InChI=1S/C9H8Cl2N4O/c1-15(5-6-3-2-4-16-6)9-13-7(10)12-8(11)14-9/h2-4H,5H2,1H3. The molecule has 16 heavy (non-hydrogen) atoms. The Morgan fingerprint density at radius 3 is 2.50 bits per heavy atom. The predicted molar refractivity (Wildman–Crippen MR) is 60.7 cm³/mol. The van der Waals surface area contributed by atoms with E-state index in [4.69, 9.17) is 27.6 Å². The molecule has 0 fully saturated rings. The molecule has 0 N–H and O–H groups in total. The molecule has 0 amide bonds. The van der Waals surface area contributed by atoms with Crippen molar-refractivity contribution < 1.29 is 4.42 Å². The second kappa shape index (κ2) is 4.67. The number of hydrogen-bond acceptors (Lipinski definition) is 5. The number of rotatable bonds is 3. The molecule has 5 nitrogen and oxygen atoms in total. The average Bonchev–Trinajstić information content (AvgIpc) is 2.68. The molecule has 0 saturated heterocycles. The Hall–Kier alpha value is -1.33. The lowest BCUT2D eigenvalue weighted by atomic mass is 10.4. The lowest BCUT2D eigenvalue weighted by Gasteiger charge is -2.14. The molecule has 0 bridgehead atoms. The van der Waals surface area contributed by atoms with Gasteiger partial charge in [0.05, 0.1) is 12.8 Å². The van der Waals surface area contributed by atoms with Crippen molar-refractivity contribution in [3.8, 4) is 0 Å². The monoisotopic (exact) mass is 258 g/mol. The van der Waals surface area contributed by atoms with E-state index in [9.17, 15) is 0 Å². The molecule has 0 aliphatic heterocycles. The van der Waals surface area contributed by atoms with Crippen molar-refractivity contribution in [1.29, 1.82) is 0 Å². The smallest absolute Gasteiger partial charge is 0.231 e. The summed E-state index contributed by atoms with van der Waals surface area (Å²) in [6.45, 7) is 0.531. The van der Waals surface area contributed by atoms with Crippen LogP contribution in [0, 0.1) is 0 Å². The Morgan fingerprint density at radius 1 is 1.25 bits per heavy atom. The molecule has 2 aromatic rings. The van der Waals surface area contributed by atoms with Crippen LogP contribution in [0.15, 0.2) is 22.8 Å². The number of furan rings is 1. The molecule has 84 valence electrons. The average molecular weight is 259 g/mol. The Kier molecular flexibility index (Phi) is 3.26. The molecule has 0 aliphatic rings. The van der Waals surface area contributed by atoms with E-state index < -0.39 is 0 Å². The number of nitrogens with zero attached hydrogens (tertiary/aromatic N) is 4. The largest absolute Gasteiger partial charge is 0.467 e. The van der Waals surface area contributed by atoms with Crippen LogP contribution in [0.5, 0.6) is 0 Å². The van der Waals surface area contributed by atoms with Crippen LogP contribution in [-0.2, 0) is 6.54 Å². The quantitative estimate of drug-likeness (QED) is 0.847. The van der Waals surface area contributed by atoms with Crippen molar-refractivity contribution >= 4 is 29.2 Å². The summed E-state index contributed by atoms with van der Waals surface area (Å²) < 4.78 is 5.21.